The van der Waals surface area contributed by atoms with E-state index >= 15 is 0 Å². The van der Waals surface area contributed by atoms with Gasteiger partial charge in [0.1, 0.15) is 0 Å². The molecule has 0 N–H and O–H groups in total. The Labute approximate surface area is 499 Å². The van der Waals surface area contributed by atoms with Crippen LogP contribution in [0, 0.1) is 0 Å². The summed E-state index contributed by atoms with van der Waals surface area (Å²) in [6.07, 6.45) is 64.5. The average molecular weight is 1290 g/mol. The van der Waals surface area contributed by atoms with E-state index in [0.717, 1.165) is 38.5 Å². The van der Waals surface area contributed by atoms with Gasteiger partial charge in [-0.2, -0.15) is 4.21 Å². The van der Waals surface area contributed by atoms with Crippen LogP contribution in [0.3, 0.4) is 0 Å². The van der Waals surface area contributed by atoms with Crippen LogP contribution in [0.1, 0.15) is 329 Å². The molecule has 0 heterocycles. The van der Waals surface area contributed by atoms with Crippen molar-refractivity contribution in [2.45, 2.75) is 329 Å². The molecule has 0 rings (SSSR count). The van der Waals surface area contributed by atoms with Gasteiger partial charge in [0, 0.05) is 40.9 Å². The molecule has 0 saturated heterocycles. The van der Waals surface area contributed by atoms with Gasteiger partial charge >= 0.3 is 0 Å². The minimum absolute atomic E-state index is 0. The normalized spacial score (nSPS) is 13.5. The molecule has 0 spiro atoms. The summed E-state index contributed by atoms with van der Waals surface area (Å²) >= 11 is 30.1. The molecule has 438 valence electrons. The second-order valence-corrected chi connectivity index (χ2v) is 33.9. The summed E-state index contributed by atoms with van der Waals surface area (Å²) in [5, 5.41) is 0. The number of hydrogen-bond acceptors (Lipinski definition) is 14. The van der Waals surface area contributed by atoms with Crippen molar-refractivity contribution in [1.82, 2.24) is 0 Å². The van der Waals surface area contributed by atoms with Crippen LogP contribution in [0.2, 0.25) is 0 Å². The summed E-state index contributed by atoms with van der Waals surface area (Å²) in [6, 6.07) is 0. The van der Waals surface area contributed by atoms with Gasteiger partial charge in [-0.3, -0.25) is 0 Å². The Kier molecular flexibility index (Phi) is 82.6. The van der Waals surface area contributed by atoms with Gasteiger partial charge in [-0.15, -0.1) is 52.5 Å². The van der Waals surface area contributed by atoms with Crippen LogP contribution >= 0.6 is 17.1 Å². The first kappa shape index (κ1) is 84.3. The van der Waals surface area contributed by atoms with Gasteiger partial charge in [0.15, 0.2) is 12.5 Å². The van der Waals surface area contributed by atoms with E-state index in [4.69, 9.17) is 17.8 Å². The van der Waals surface area contributed by atoms with Crippen LogP contribution in [0.4, 0.5) is 0 Å². The molecule has 0 radical (unpaired) electrons. The summed E-state index contributed by atoms with van der Waals surface area (Å²) in [5.41, 5.74) is -9.27. The molecule has 3 unspecified atom stereocenters. The molecule has 0 aliphatic carbocycles. The molecular formula is C54H111MoO7P3S7-6. The predicted molar refractivity (Wildman–Crippen MR) is 330 cm³/mol. The third-order valence-corrected chi connectivity index (χ3v) is 16.1. The molecular weight excluding hydrogens is 1170 g/mol. The van der Waals surface area contributed by atoms with Crippen LogP contribution in [-0.4, -0.2) is 24.0 Å². The van der Waals surface area contributed by atoms with Crippen LogP contribution in [0.5, 0.6) is 0 Å². The minimum atomic E-state index is -3.09. The van der Waals surface area contributed by atoms with E-state index in [1.807, 2.05) is 0 Å². The van der Waals surface area contributed by atoms with E-state index in [-0.39, 0.29) is 21.1 Å². The Morgan fingerprint density at radius 3 is 0.458 bits per heavy atom. The van der Waals surface area contributed by atoms with Crippen LogP contribution < -0.4 is 14.7 Å². The van der Waals surface area contributed by atoms with Gasteiger partial charge in [-0.1, -0.05) is 310 Å². The van der Waals surface area contributed by atoms with Crippen LogP contribution in [-0.2, 0) is 119 Å². The van der Waals surface area contributed by atoms with Gasteiger partial charge in [-0.05, 0) is 19.3 Å². The van der Waals surface area contributed by atoms with E-state index in [1.165, 1.54) is 270 Å². The number of rotatable bonds is 54. The molecule has 72 heavy (non-hydrogen) atoms. The van der Waals surface area contributed by atoms with Gasteiger partial charge in [0.05, 0.1) is 0 Å². The summed E-state index contributed by atoms with van der Waals surface area (Å²) < 4.78 is 22.6. The molecule has 0 amide bonds. The van der Waals surface area contributed by atoms with E-state index in [1.54, 1.807) is 0 Å². The van der Waals surface area contributed by atoms with Gasteiger partial charge in [0.2, 0.25) is 0 Å². The summed E-state index contributed by atoms with van der Waals surface area (Å²) in [5.74, 6) is 0. The van der Waals surface area contributed by atoms with Crippen molar-refractivity contribution in [1.29, 1.82) is 0 Å². The first-order valence-electron chi connectivity index (χ1n) is 29.3. The number of hydrogen-bond donors (Lipinski definition) is 0. The van der Waals surface area contributed by atoms with E-state index in [2.05, 4.69) is 105 Å². The Morgan fingerprint density at radius 2 is 0.361 bits per heavy atom. The largest absolute Gasteiger partial charge is 0.819 e. The van der Waals surface area contributed by atoms with Crippen molar-refractivity contribution in [2.24, 2.45) is 0 Å². The average Bonchev–Trinajstić information content (AvgIpc) is 3.32. The fourth-order valence-electron chi connectivity index (χ4n) is 8.48. The molecule has 7 nitrogen and oxygen atoms in total. The maximum Gasteiger partial charge on any atom is 0.197 e. The third-order valence-electron chi connectivity index (χ3n) is 12.7. The summed E-state index contributed by atoms with van der Waals surface area (Å²) in [6.45, 7) is 8.21. The van der Waals surface area contributed by atoms with Crippen molar-refractivity contribution in [3.8, 4) is 0 Å². The zero-order valence-electron chi connectivity index (χ0n) is 46.5. The quantitative estimate of drug-likeness (QED) is 0.0249. The van der Waals surface area contributed by atoms with Gasteiger partial charge in [-0.25, -0.2) is 0 Å². The molecule has 18 heteroatoms. The van der Waals surface area contributed by atoms with Crippen molar-refractivity contribution < 1.29 is 53.5 Å². The predicted octanol–water partition coefficient (Wildman–Crippen LogP) is 18.8. The van der Waals surface area contributed by atoms with E-state index in [9.17, 15) is 14.7 Å². The van der Waals surface area contributed by atoms with E-state index in [0.29, 0.717) is 19.8 Å². The number of unbranched alkanes of at least 4 members (excludes halogenated alkanes) is 45. The van der Waals surface area contributed by atoms with Gasteiger partial charge < -0.3 is 65.0 Å². The van der Waals surface area contributed by atoms with Crippen LogP contribution in [0.25, 0.3) is 0 Å². The molecule has 0 aromatic carbocycles. The SMILES string of the molecule is CCCCCCCCCCCCCCCCCCOP([O-])(=S)[S-].CCCCCCCCCCCCCCCCCCOP([O-])(=S)[S-].CCCCCCCCCCCCCCCCCCOP([O-])(=S)[S-].O=S.[Mo]. The molecule has 0 aliphatic rings. The zero-order chi connectivity index (χ0) is 53.7. The topological polar surface area (TPSA) is 114 Å². The minimum Gasteiger partial charge on any atom is -0.819 e. The molecule has 0 saturated carbocycles. The monoisotopic (exact) mass is 1290 g/mol. The maximum absolute atomic E-state index is 11.0. The second kappa shape index (κ2) is 70.6. The molecule has 3 atom stereocenters. The Hall–Kier alpha value is 3.47. The third kappa shape index (κ3) is 95.8. The van der Waals surface area contributed by atoms with Crippen molar-refractivity contribution in [3.05, 3.63) is 0 Å². The first-order chi connectivity index (χ1) is 34.2. The first-order valence-corrected chi connectivity index (χ1v) is 40.6. The van der Waals surface area contributed by atoms with Gasteiger partial charge in [0.25, 0.3) is 0 Å². The smallest absolute Gasteiger partial charge is 0.197 e. The molecule has 0 aromatic rings. The standard InChI is InChI=1S/3C18H39O2PS2.Mo.OS/c3*1-2-3-4-5-6-7-8-9-10-11-12-13-14-15-16-17-18-20-21(19,22)23;;1-2/h3*2-18H2,1H3,(H2,19,22,23);;/p-6. The Balaban J connectivity index is -0.000000304. The van der Waals surface area contributed by atoms with Crippen molar-refractivity contribution >= 4 is 102 Å². The fraction of sp³-hybridized carbons (Fsp3) is 1.00. The zero-order valence-corrected chi connectivity index (χ0v) is 56.9. The molecule has 0 aromatic heterocycles. The summed E-state index contributed by atoms with van der Waals surface area (Å²) in [7, 11) is 0. The Bertz CT molecular complexity index is 1010. The van der Waals surface area contributed by atoms with Crippen molar-refractivity contribution in [3.63, 3.8) is 0 Å². The summed E-state index contributed by atoms with van der Waals surface area (Å²) in [4.78, 5) is 32.9. The molecule has 0 fully saturated rings. The maximum atomic E-state index is 11.0. The second-order valence-electron chi connectivity index (χ2n) is 19.8. The van der Waals surface area contributed by atoms with Crippen molar-refractivity contribution in [2.75, 3.05) is 19.8 Å². The van der Waals surface area contributed by atoms with Crippen LogP contribution in [0.15, 0.2) is 0 Å². The molecule has 0 bridgehead atoms. The fourth-order valence-corrected chi connectivity index (χ4v) is 10.9. The Morgan fingerprint density at radius 1 is 0.264 bits per heavy atom. The molecule has 0 aliphatic heterocycles. The van der Waals surface area contributed by atoms with E-state index < -0.39 is 17.1 Å².